The summed E-state index contributed by atoms with van der Waals surface area (Å²) in [5.41, 5.74) is 14.4. The van der Waals surface area contributed by atoms with Gasteiger partial charge in [0.05, 0.1) is 19.9 Å². The van der Waals surface area contributed by atoms with E-state index in [1.807, 2.05) is 18.2 Å². The van der Waals surface area contributed by atoms with Gasteiger partial charge in [-0.05, 0) is 41.7 Å². The molecule has 1 aliphatic heterocycles. The molecule has 0 saturated carbocycles. The van der Waals surface area contributed by atoms with Crippen LogP contribution in [0, 0.1) is 5.41 Å². The van der Waals surface area contributed by atoms with Gasteiger partial charge >= 0.3 is 0 Å². The molecule has 31 heavy (non-hydrogen) atoms. The second-order valence-electron chi connectivity index (χ2n) is 6.81. The number of methoxy groups -OCH3 is 2. The first kappa shape index (κ1) is 24.2. The molecule has 1 aliphatic carbocycles. The Morgan fingerprint density at radius 3 is 2.45 bits per heavy atom. The lowest BCUT2D eigenvalue weighted by molar-refractivity contribution is 0.354. The molecule has 8 nitrogen and oxygen atoms in total. The van der Waals surface area contributed by atoms with Crippen LogP contribution in [0.4, 0.5) is 0 Å². The van der Waals surface area contributed by atoms with Crippen LogP contribution in [0.5, 0.6) is 11.5 Å². The standard InChI is InChI=1S/C21H22N6O2.2ClH/c1-28-16-10-8-13(11-17(16)29-2)21(18(22)23)19(26-20(24)27-21)25-15-9-7-12-5-3-4-6-14(12)15;;/h3-6,8,10-11H,7,9H2,1-2H3,(H3,22,23)(H2,24,27);2*1H. The molecule has 2 aliphatic rings. The van der Waals surface area contributed by atoms with Crippen molar-refractivity contribution in [3.63, 3.8) is 0 Å². The van der Waals surface area contributed by atoms with Crippen molar-refractivity contribution in [3.05, 3.63) is 59.2 Å². The van der Waals surface area contributed by atoms with E-state index in [-0.39, 0.29) is 42.4 Å². The number of hydrogen-bond donors (Lipinski definition) is 3. The normalized spacial score (nSPS) is 20.1. The SMILES string of the molecule is COc1ccc(C2(C(=N)N)N=C(N)N=C2N=C2CCc3ccccc32)cc1OC.Cl.Cl. The van der Waals surface area contributed by atoms with Crippen LogP contribution in [0.2, 0.25) is 0 Å². The molecule has 2 aromatic rings. The molecule has 0 aromatic heterocycles. The van der Waals surface area contributed by atoms with E-state index in [1.54, 1.807) is 32.4 Å². The van der Waals surface area contributed by atoms with E-state index in [1.165, 1.54) is 5.56 Å². The van der Waals surface area contributed by atoms with Crippen LogP contribution in [-0.2, 0) is 12.0 Å². The van der Waals surface area contributed by atoms with Gasteiger partial charge in [0.15, 0.2) is 17.3 Å². The lowest BCUT2D eigenvalue weighted by atomic mass is 9.88. The third-order valence-corrected chi connectivity index (χ3v) is 5.22. The van der Waals surface area contributed by atoms with Crippen molar-refractivity contribution in [2.24, 2.45) is 26.4 Å². The molecule has 0 bridgehead atoms. The topological polar surface area (TPSA) is 131 Å². The third-order valence-electron chi connectivity index (χ3n) is 5.22. The van der Waals surface area contributed by atoms with E-state index in [4.69, 9.17) is 31.3 Å². The van der Waals surface area contributed by atoms with Gasteiger partial charge in [0.25, 0.3) is 0 Å². The number of benzene rings is 2. The van der Waals surface area contributed by atoms with Crippen molar-refractivity contribution < 1.29 is 9.47 Å². The van der Waals surface area contributed by atoms with Crippen molar-refractivity contribution >= 4 is 48.2 Å². The lowest BCUT2D eigenvalue weighted by Gasteiger charge is -2.26. The quantitative estimate of drug-likeness (QED) is 0.475. The largest absolute Gasteiger partial charge is 0.493 e. The number of aryl methyl sites for hydroxylation is 1. The average molecular weight is 463 g/mol. The Labute approximate surface area is 192 Å². The Bertz CT molecular complexity index is 1100. The van der Waals surface area contributed by atoms with E-state index < -0.39 is 5.54 Å². The predicted molar refractivity (Wildman–Crippen MR) is 128 cm³/mol. The number of fused-ring (bicyclic) bond motifs is 1. The van der Waals surface area contributed by atoms with E-state index in [9.17, 15) is 0 Å². The van der Waals surface area contributed by atoms with Crippen molar-refractivity contribution in [1.29, 1.82) is 5.41 Å². The Morgan fingerprint density at radius 1 is 1.06 bits per heavy atom. The highest BCUT2D eigenvalue weighted by Crippen LogP contribution is 2.38. The molecule has 1 atom stereocenters. The van der Waals surface area contributed by atoms with Gasteiger partial charge in [0.2, 0.25) is 11.5 Å². The zero-order valence-corrected chi connectivity index (χ0v) is 18.7. The summed E-state index contributed by atoms with van der Waals surface area (Å²) in [5.74, 6) is 1.13. The van der Waals surface area contributed by atoms with Crippen LogP contribution in [-0.4, -0.2) is 37.6 Å². The summed E-state index contributed by atoms with van der Waals surface area (Å²) >= 11 is 0. The number of rotatable bonds is 4. The number of nitrogens with two attached hydrogens (primary N) is 2. The van der Waals surface area contributed by atoms with E-state index in [0.29, 0.717) is 17.1 Å². The summed E-state index contributed by atoms with van der Waals surface area (Å²) in [4.78, 5) is 13.6. The molecule has 0 radical (unpaired) electrons. The Morgan fingerprint density at radius 2 is 1.77 bits per heavy atom. The summed E-state index contributed by atoms with van der Waals surface area (Å²) in [6.07, 6.45) is 1.68. The molecule has 5 N–H and O–H groups in total. The van der Waals surface area contributed by atoms with Gasteiger partial charge in [0.1, 0.15) is 5.84 Å². The minimum atomic E-state index is -1.41. The van der Waals surface area contributed by atoms with Crippen LogP contribution in [0.3, 0.4) is 0 Å². The van der Waals surface area contributed by atoms with Gasteiger partial charge in [-0.3, -0.25) is 5.41 Å². The van der Waals surface area contributed by atoms with Gasteiger partial charge in [-0.25, -0.2) is 9.98 Å². The van der Waals surface area contributed by atoms with Crippen molar-refractivity contribution in [1.82, 2.24) is 0 Å². The first-order chi connectivity index (χ1) is 14.0. The average Bonchev–Trinajstić information content (AvgIpc) is 3.29. The smallest absolute Gasteiger partial charge is 0.219 e. The minimum Gasteiger partial charge on any atom is -0.493 e. The van der Waals surface area contributed by atoms with Gasteiger partial charge in [-0.2, -0.15) is 4.99 Å². The van der Waals surface area contributed by atoms with E-state index in [2.05, 4.69) is 16.1 Å². The maximum absolute atomic E-state index is 8.34. The van der Waals surface area contributed by atoms with Gasteiger partial charge in [-0.1, -0.05) is 30.3 Å². The molecule has 0 spiro atoms. The highest BCUT2D eigenvalue weighted by atomic mass is 35.5. The van der Waals surface area contributed by atoms with Gasteiger partial charge < -0.3 is 20.9 Å². The summed E-state index contributed by atoms with van der Waals surface area (Å²) in [6, 6.07) is 13.3. The van der Waals surface area contributed by atoms with E-state index >= 15 is 0 Å². The number of aliphatic imine (C=N–C) groups is 3. The summed E-state index contributed by atoms with van der Waals surface area (Å²) in [7, 11) is 3.10. The Hall–Kier alpha value is -3.10. The van der Waals surface area contributed by atoms with Crippen LogP contribution in [0.15, 0.2) is 57.4 Å². The monoisotopic (exact) mass is 462 g/mol. The molecule has 0 amide bonds. The highest BCUT2D eigenvalue weighted by Gasteiger charge is 2.46. The minimum absolute atomic E-state index is 0. The molecule has 0 fully saturated rings. The molecule has 10 heteroatoms. The number of halogens is 2. The zero-order chi connectivity index (χ0) is 20.6. The van der Waals surface area contributed by atoms with Crippen LogP contribution in [0.25, 0.3) is 0 Å². The fourth-order valence-corrected chi connectivity index (χ4v) is 3.78. The Kier molecular flexibility index (Phi) is 7.30. The van der Waals surface area contributed by atoms with Crippen molar-refractivity contribution in [2.75, 3.05) is 14.2 Å². The zero-order valence-electron chi connectivity index (χ0n) is 17.1. The molecule has 1 heterocycles. The van der Waals surface area contributed by atoms with E-state index in [0.717, 1.165) is 24.1 Å². The van der Waals surface area contributed by atoms with Crippen LogP contribution in [0.1, 0.15) is 23.1 Å². The number of nitrogens with zero attached hydrogens (tertiary/aromatic N) is 3. The third kappa shape index (κ3) is 3.96. The summed E-state index contributed by atoms with van der Waals surface area (Å²) < 4.78 is 10.7. The van der Waals surface area contributed by atoms with Crippen LogP contribution < -0.4 is 20.9 Å². The number of nitrogens with one attached hydrogen (secondary N) is 1. The number of hydrogen-bond acceptors (Lipinski definition) is 7. The van der Waals surface area contributed by atoms with Crippen molar-refractivity contribution in [2.45, 2.75) is 18.4 Å². The second-order valence-corrected chi connectivity index (χ2v) is 6.81. The molecule has 2 aromatic carbocycles. The second kappa shape index (κ2) is 9.36. The number of amidine groups is 2. The fraction of sp³-hybridized carbons (Fsp3) is 0.238. The lowest BCUT2D eigenvalue weighted by Crippen LogP contribution is -2.44. The molecule has 4 rings (SSSR count). The fourth-order valence-electron chi connectivity index (χ4n) is 3.78. The molecular weight excluding hydrogens is 439 g/mol. The van der Waals surface area contributed by atoms with Gasteiger partial charge in [-0.15, -0.1) is 24.8 Å². The molecule has 0 saturated heterocycles. The highest BCUT2D eigenvalue weighted by molar-refractivity contribution is 6.24. The van der Waals surface area contributed by atoms with Crippen molar-refractivity contribution in [3.8, 4) is 11.5 Å². The maximum Gasteiger partial charge on any atom is 0.219 e. The summed E-state index contributed by atoms with van der Waals surface area (Å²) in [6.45, 7) is 0. The maximum atomic E-state index is 8.34. The molecular formula is C21H24Cl2N6O2. The molecule has 164 valence electrons. The number of guanidine groups is 1. The molecule has 1 unspecified atom stereocenters. The first-order valence-electron chi connectivity index (χ1n) is 9.17. The first-order valence-corrected chi connectivity index (χ1v) is 9.17. The summed E-state index contributed by atoms with van der Waals surface area (Å²) in [5, 5.41) is 8.34. The predicted octanol–water partition coefficient (Wildman–Crippen LogP) is 2.84. The van der Waals surface area contributed by atoms with Crippen LogP contribution >= 0.6 is 24.8 Å². The number of ether oxygens (including phenoxy) is 2. The van der Waals surface area contributed by atoms with Gasteiger partial charge in [0, 0.05) is 0 Å². The Balaban J connectivity index is 0.00000171.